The van der Waals surface area contributed by atoms with Crippen LogP contribution in [0.5, 0.6) is 0 Å². The molecule has 0 spiro atoms. The van der Waals surface area contributed by atoms with Crippen LogP contribution in [0.3, 0.4) is 0 Å². The third kappa shape index (κ3) is 2.98. The lowest BCUT2D eigenvalue weighted by Gasteiger charge is -2.27. The Morgan fingerprint density at radius 3 is 2.82 bits per heavy atom. The zero-order chi connectivity index (χ0) is 15.7. The molecule has 0 saturated carbocycles. The molecule has 22 heavy (non-hydrogen) atoms. The van der Waals surface area contributed by atoms with Crippen LogP contribution in [0.25, 0.3) is 0 Å². The second-order valence-corrected chi connectivity index (χ2v) is 7.02. The van der Waals surface area contributed by atoms with Crippen LogP contribution >= 0.6 is 11.8 Å². The van der Waals surface area contributed by atoms with Crippen molar-refractivity contribution in [2.24, 2.45) is 10.7 Å². The number of aliphatic hydroxyl groups excluding tert-OH is 1. The number of amides is 1. The van der Waals surface area contributed by atoms with Gasteiger partial charge in [0, 0.05) is 24.6 Å². The Labute approximate surface area is 134 Å². The molecule has 1 fully saturated rings. The van der Waals surface area contributed by atoms with Crippen LogP contribution in [0.1, 0.15) is 24.0 Å². The number of thioether (sulfide) groups is 1. The van der Waals surface area contributed by atoms with Crippen molar-refractivity contribution in [1.82, 2.24) is 4.90 Å². The summed E-state index contributed by atoms with van der Waals surface area (Å²) in [6.07, 6.45) is -0.234. The molecule has 1 aliphatic heterocycles. The van der Waals surface area contributed by atoms with Crippen LogP contribution in [0.4, 0.5) is 5.69 Å². The molecule has 1 saturated heterocycles. The van der Waals surface area contributed by atoms with E-state index in [1.807, 2.05) is 36.9 Å². The number of carbonyl (C=O) groups is 1. The van der Waals surface area contributed by atoms with E-state index in [-0.39, 0.29) is 0 Å². The van der Waals surface area contributed by atoms with Gasteiger partial charge in [-0.15, -0.1) is 0 Å². The Kier molecular flexibility index (Phi) is 4.40. The van der Waals surface area contributed by atoms with Gasteiger partial charge in [-0.3, -0.25) is 4.79 Å². The predicted octanol–water partition coefficient (Wildman–Crippen LogP) is 1.27. The highest BCUT2D eigenvalue weighted by Crippen LogP contribution is 2.35. The van der Waals surface area contributed by atoms with Crippen molar-refractivity contribution < 1.29 is 9.90 Å². The van der Waals surface area contributed by atoms with Gasteiger partial charge in [0.05, 0.1) is 17.7 Å². The summed E-state index contributed by atoms with van der Waals surface area (Å²) in [7, 11) is 0. The highest BCUT2D eigenvalue weighted by atomic mass is 32.2. The van der Waals surface area contributed by atoms with Crippen molar-refractivity contribution in [1.29, 1.82) is 0 Å². The normalized spacial score (nSPS) is 25.2. The van der Waals surface area contributed by atoms with E-state index in [1.165, 1.54) is 0 Å². The molecule has 118 valence electrons. The summed E-state index contributed by atoms with van der Waals surface area (Å²) in [6.45, 7) is 4.06. The first kappa shape index (κ1) is 15.4. The third-order valence-electron chi connectivity index (χ3n) is 4.34. The van der Waals surface area contributed by atoms with E-state index >= 15 is 0 Å². The van der Waals surface area contributed by atoms with Gasteiger partial charge >= 0.3 is 0 Å². The molecule has 1 aromatic rings. The molecule has 2 unspecified atom stereocenters. The quantitative estimate of drug-likeness (QED) is 0.635. The SMILES string of the molecule is CC(=Nc1ccc2c(c1)C(C(N)=O)C(O)C2)N1CCSCC1. The molecule has 6 heteroatoms. The van der Waals surface area contributed by atoms with Gasteiger partial charge in [-0.25, -0.2) is 4.99 Å². The molecule has 1 aromatic carbocycles. The van der Waals surface area contributed by atoms with Crippen molar-refractivity contribution in [3.8, 4) is 0 Å². The number of hydrogen-bond donors (Lipinski definition) is 2. The zero-order valence-corrected chi connectivity index (χ0v) is 13.5. The molecule has 1 aliphatic carbocycles. The van der Waals surface area contributed by atoms with Gasteiger partial charge in [-0.2, -0.15) is 11.8 Å². The lowest BCUT2D eigenvalue weighted by atomic mass is 9.99. The fourth-order valence-corrected chi connectivity index (χ4v) is 4.07. The van der Waals surface area contributed by atoms with E-state index in [9.17, 15) is 9.90 Å². The average Bonchev–Trinajstić information content (AvgIpc) is 2.83. The number of aliphatic imine (C=N–C) groups is 1. The van der Waals surface area contributed by atoms with Crippen LogP contribution in [0.15, 0.2) is 23.2 Å². The Hall–Kier alpha value is -1.53. The summed E-state index contributed by atoms with van der Waals surface area (Å²) in [5, 5.41) is 10.0. The van der Waals surface area contributed by atoms with Crippen LogP contribution in [-0.4, -0.2) is 52.4 Å². The summed E-state index contributed by atoms with van der Waals surface area (Å²) in [6, 6.07) is 5.78. The lowest BCUT2D eigenvalue weighted by molar-refractivity contribution is -0.121. The second kappa shape index (κ2) is 6.30. The molecular formula is C16H21N3O2S. The standard InChI is InChI=1S/C16H21N3O2S/c1-10(19-4-6-22-7-5-19)18-12-3-2-11-8-14(20)15(16(17)21)13(11)9-12/h2-3,9,14-15,20H,4-8H2,1H3,(H2,17,21). The number of amidine groups is 1. The van der Waals surface area contributed by atoms with E-state index in [4.69, 9.17) is 5.73 Å². The van der Waals surface area contributed by atoms with Gasteiger partial charge in [-0.05, 0) is 36.6 Å². The van der Waals surface area contributed by atoms with E-state index in [2.05, 4.69) is 9.89 Å². The predicted molar refractivity (Wildman–Crippen MR) is 89.8 cm³/mol. The molecule has 0 bridgehead atoms. The Balaban J connectivity index is 1.86. The number of aliphatic hydroxyl groups is 1. The minimum Gasteiger partial charge on any atom is -0.392 e. The average molecular weight is 319 g/mol. The monoisotopic (exact) mass is 319 g/mol. The fourth-order valence-electron chi connectivity index (χ4n) is 3.17. The van der Waals surface area contributed by atoms with E-state index < -0.39 is 17.9 Å². The number of fused-ring (bicyclic) bond motifs is 1. The van der Waals surface area contributed by atoms with Crippen LogP contribution in [0, 0.1) is 0 Å². The van der Waals surface area contributed by atoms with Crippen molar-refractivity contribution in [3.63, 3.8) is 0 Å². The second-order valence-electron chi connectivity index (χ2n) is 5.79. The van der Waals surface area contributed by atoms with E-state index in [0.29, 0.717) is 6.42 Å². The van der Waals surface area contributed by atoms with Gasteiger partial charge in [-0.1, -0.05) is 6.07 Å². The molecule has 5 nitrogen and oxygen atoms in total. The summed E-state index contributed by atoms with van der Waals surface area (Å²) in [5.41, 5.74) is 8.05. The summed E-state index contributed by atoms with van der Waals surface area (Å²) >= 11 is 1.97. The number of benzene rings is 1. The first-order valence-corrected chi connectivity index (χ1v) is 8.70. The van der Waals surface area contributed by atoms with Gasteiger partial charge in [0.1, 0.15) is 5.84 Å². The number of primary amides is 1. The van der Waals surface area contributed by atoms with Gasteiger partial charge in [0.15, 0.2) is 0 Å². The maximum Gasteiger partial charge on any atom is 0.227 e. The van der Waals surface area contributed by atoms with E-state index in [0.717, 1.165) is 47.2 Å². The van der Waals surface area contributed by atoms with Crippen molar-refractivity contribution in [2.45, 2.75) is 25.4 Å². The van der Waals surface area contributed by atoms with Crippen molar-refractivity contribution >= 4 is 29.2 Å². The van der Waals surface area contributed by atoms with Crippen molar-refractivity contribution in [3.05, 3.63) is 29.3 Å². The number of hydrogen-bond acceptors (Lipinski definition) is 4. The van der Waals surface area contributed by atoms with E-state index in [1.54, 1.807) is 0 Å². The molecule has 0 radical (unpaired) electrons. The number of nitrogens with two attached hydrogens (primary N) is 1. The number of carbonyl (C=O) groups excluding carboxylic acids is 1. The molecule has 3 N–H and O–H groups in total. The Morgan fingerprint density at radius 1 is 1.41 bits per heavy atom. The van der Waals surface area contributed by atoms with Crippen LogP contribution in [-0.2, 0) is 11.2 Å². The van der Waals surface area contributed by atoms with Gasteiger partial charge in [0.25, 0.3) is 0 Å². The molecular weight excluding hydrogens is 298 g/mol. The largest absolute Gasteiger partial charge is 0.392 e. The van der Waals surface area contributed by atoms with Gasteiger partial charge < -0.3 is 15.7 Å². The number of nitrogens with zero attached hydrogens (tertiary/aromatic N) is 2. The molecule has 1 heterocycles. The maximum atomic E-state index is 11.6. The minimum atomic E-state index is -0.716. The summed E-state index contributed by atoms with van der Waals surface area (Å²) in [4.78, 5) is 18.5. The molecule has 0 aromatic heterocycles. The van der Waals surface area contributed by atoms with Crippen LogP contribution in [0.2, 0.25) is 0 Å². The molecule has 2 atom stereocenters. The Bertz CT molecular complexity index is 611. The molecule has 3 rings (SSSR count). The first-order valence-electron chi connectivity index (χ1n) is 7.54. The molecule has 2 aliphatic rings. The minimum absolute atomic E-state index is 0.475. The maximum absolute atomic E-state index is 11.6. The Morgan fingerprint density at radius 2 is 2.14 bits per heavy atom. The summed E-state index contributed by atoms with van der Waals surface area (Å²) < 4.78 is 0. The highest BCUT2D eigenvalue weighted by molar-refractivity contribution is 7.99. The van der Waals surface area contributed by atoms with Crippen molar-refractivity contribution in [2.75, 3.05) is 24.6 Å². The highest BCUT2D eigenvalue weighted by Gasteiger charge is 2.35. The van der Waals surface area contributed by atoms with Crippen LogP contribution < -0.4 is 5.73 Å². The topological polar surface area (TPSA) is 78.9 Å². The lowest BCUT2D eigenvalue weighted by Crippen LogP contribution is -2.36. The zero-order valence-electron chi connectivity index (χ0n) is 12.7. The summed E-state index contributed by atoms with van der Waals surface area (Å²) in [5.74, 6) is 2.17. The fraction of sp³-hybridized carbons (Fsp3) is 0.500. The first-order chi connectivity index (χ1) is 10.6. The smallest absolute Gasteiger partial charge is 0.227 e. The van der Waals surface area contributed by atoms with Gasteiger partial charge in [0.2, 0.25) is 5.91 Å². The number of rotatable bonds is 2. The molecule has 1 amide bonds. The third-order valence-corrected chi connectivity index (χ3v) is 5.29.